The van der Waals surface area contributed by atoms with Gasteiger partial charge in [-0.15, -0.1) is 0 Å². The molecule has 0 saturated heterocycles. The summed E-state index contributed by atoms with van der Waals surface area (Å²) in [6.07, 6.45) is -0.0773. The second kappa shape index (κ2) is 6.10. The molecule has 0 bridgehead atoms. The highest BCUT2D eigenvalue weighted by atomic mass is 31.2. The summed E-state index contributed by atoms with van der Waals surface area (Å²) in [6.45, 7) is -0.336. The highest BCUT2D eigenvalue weighted by Crippen LogP contribution is 2.42. The van der Waals surface area contributed by atoms with Crippen LogP contribution in [0.1, 0.15) is 6.42 Å². The summed E-state index contributed by atoms with van der Waals surface area (Å²) in [5.41, 5.74) is 0. The number of aliphatic hydroxyl groups excluding tert-OH is 1. The van der Waals surface area contributed by atoms with Crippen LogP contribution in [0.25, 0.3) is 0 Å². The summed E-state index contributed by atoms with van der Waals surface area (Å²) in [4.78, 5) is 10.6. The van der Waals surface area contributed by atoms with Crippen LogP contribution in [0.15, 0.2) is 0 Å². The Balaban J connectivity index is 4.41. The minimum Gasteiger partial charge on any atom is -0.480 e. The topological polar surface area (TPSA) is 105 Å². The number of hydrogen-bond acceptors (Lipinski definition) is 5. The van der Waals surface area contributed by atoms with Crippen LogP contribution in [0.5, 0.6) is 0 Å². The first-order valence-corrected chi connectivity index (χ1v) is 5.36. The third-order valence-corrected chi connectivity index (χ3v) is 3.10. The van der Waals surface area contributed by atoms with Crippen LogP contribution in [0.2, 0.25) is 0 Å². The van der Waals surface area contributed by atoms with E-state index >= 15 is 0 Å². The van der Waals surface area contributed by atoms with Gasteiger partial charge in [-0.3, -0.25) is 4.79 Å². The molecule has 14 heavy (non-hydrogen) atoms. The molecule has 0 heterocycles. The highest BCUT2D eigenvalue weighted by Gasteiger charge is 2.29. The summed E-state index contributed by atoms with van der Waals surface area (Å²) < 4.78 is 20.4. The Morgan fingerprint density at radius 1 is 1.50 bits per heavy atom. The fourth-order valence-electron chi connectivity index (χ4n) is 0.743. The van der Waals surface area contributed by atoms with E-state index in [9.17, 15) is 9.36 Å². The molecule has 0 aromatic heterocycles. The van der Waals surface area contributed by atoms with Crippen molar-refractivity contribution in [1.29, 1.82) is 0 Å². The van der Waals surface area contributed by atoms with Gasteiger partial charge >= 0.3 is 13.7 Å². The van der Waals surface area contributed by atoms with E-state index in [0.29, 0.717) is 0 Å². The first-order valence-electron chi connectivity index (χ1n) is 3.82. The molecule has 0 amide bonds. The normalized spacial score (nSPS) is 13.9. The van der Waals surface area contributed by atoms with Crippen LogP contribution in [0, 0.1) is 0 Å². The summed E-state index contributed by atoms with van der Waals surface area (Å²) >= 11 is 0. The van der Waals surface area contributed by atoms with Crippen molar-refractivity contribution in [2.75, 3.05) is 20.8 Å². The van der Waals surface area contributed by atoms with Crippen molar-refractivity contribution in [2.24, 2.45) is 0 Å². The molecule has 0 radical (unpaired) electrons. The molecular weight excluding hydrogens is 213 g/mol. The smallest absolute Gasteiger partial charge is 0.405 e. The molecule has 8 heteroatoms. The van der Waals surface area contributed by atoms with Gasteiger partial charge in [0, 0.05) is 20.8 Å². The van der Waals surface area contributed by atoms with E-state index in [-0.39, 0.29) is 13.0 Å². The van der Waals surface area contributed by atoms with Crippen LogP contribution in [0.3, 0.4) is 0 Å². The number of rotatable bonds is 7. The van der Waals surface area contributed by atoms with Crippen LogP contribution < -0.4 is 5.09 Å². The van der Waals surface area contributed by atoms with E-state index < -0.39 is 19.8 Å². The Morgan fingerprint density at radius 2 is 2.00 bits per heavy atom. The molecule has 84 valence electrons. The summed E-state index contributed by atoms with van der Waals surface area (Å²) in [5.74, 6) is -1.23. The molecule has 0 aromatic carbocycles. The van der Waals surface area contributed by atoms with Gasteiger partial charge in [-0.05, 0) is 6.42 Å². The Bertz CT molecular complexity index is 224. The second-order valence-corrected chi connectivity index (χ2v) is 4.38. The molecule has 7 nitrogen and oxygen atoms in total. The van der Waals surface area contributed by atoms with E-state index in [0.717, 1.165) is 14.2 Å². The Morgan fingerprint density at radius 3 is 2.29 bits per heavy atom. The summed E-state index contributed by atoms with van der Waals surface area (Å²) in [6, 6.07) is -1.16. The number of aliphatic carboxylic acids is 1. The standard InChI is InChI=1S/C6H14NO6P/c1-12-14(11,13-2)7-5(3-4-8)6(9)10/h5,8H,3-4H2,1-2H3,(H,7,11)(H,9,10). The van der Waals surface area contributed by atoms with Gasteiger partial charge in [0.05, 0.1) is 0 Å². The van der Waals surface area contributed by atoms with Crippen LogP contribution in [0.4, 0.5) is 0 Å². The van der Waals surface area contributed by atoms with E-state index in [1.165, 1.54) is 0 Å². The predicted molar refractivity (Wildman–Crippen MR) is 47.9 cm³/mol. The van der Waals surface area contributed by atoms with Gasteiger partial charge in [0.15, 0.2) is 0 Å². The van der Waals surface area contributed by atoms with Crippen molar-refractivity contribution in [3.8, 4) is 0 Å². The fraction of sp³-hybridized carbons (Fsp3) is 0.833. The maximum absolute atomic E-state index is 11.4. The molecule has 1 unspecified atom stereocenters. The summed E-state index contributed by atoms with van der Waals surface area (Å²) in [7, 11) is -1.29. The van der Waals surface area contributed by atoms with Crippen molar-refractivity contribution in [3.63, 3.8) is 0 Å². The average molecular weight is 227 g/mol. The number of carbonyl (C=O) groups is 1. The van der Waals surface area contributed by atoms with Crippen LogP contribution in [-0.2, 0) is 18.4 Å². The van der Waals surface area contributed by atoms with Crippen molar-refractivity contribution in [1.82, 2.24) is 5.09 Å². The van der Waals surface area contributed by atoms with Crippen molar-refractivity contribution in [2.45, 2.75) is 12.5 Å². The molecule has 3 N–H and O–H groups in total. The molecule has 0 rings (SSSR count). The quantitative estimate of drug-likeness (QED) is 0.518. The Kier molecular flexibility index (Phi) is 5.90. The lowest BCUT2D eigenvalue weighted by Crippen LogP contribution is -2.35. The minimum atomic E-state index is -3.56. The molecule has 0 aliphatic carbocycles. The Labute approximate surface area is 81.6 Å². The van der Waals surface area contributed by atoms with E-state index in [1.807, 2.05) is 0 Å². The lowest BCUT2D eigenvalue weighted by molar-refractivity contribution is -0.139. The Hall–Kier alpha value is -0.460. The van der Waals surface area contributed by atoms with Crippen molar-refractivity contribution < 1.29 is 28.6 Å². The molecule has 0 spiro atoms. The number of hydrogen-bond donors (Lipinski definition) is 3. The first-order chi connectivity index (χ1) is 6.49. The van der Waals surface area contributed by atoms with Gasteiger partial charge < -0.3 is 19.3 Å². The lowest BCUT2D eigenvalue weighted by Gasteiger charge is -2.19. The second-order valence-electron chi connectivity index (χ2n) is 2.39. The number of nitrogens with one attached hydrogen (secondary N) is 1. The monoisotopic (exact) mass is 227 g/mol. The molecule has 1 atom stereocenters. The average Bonchev–Trinajstić information content (AvgIpc) is 2.17. The minimum absolute atomic E-state index is 0.0773. The van der Waals surface area contributed by atoms with E-state index in [1.54, 1.807) is 0 Å². The van der Waals surface area contributed by atoms with Crippen molar-refractivity contribution in [3.05, 3.63) is 0 Å². The molecule has 0 aromatic rings. The number of carboxylic acids is 1. The van der Waals surface area contributed by atoms with Gasteiger partial charge in [0.25, 0.3) is 0 Å². The van der Waals surface area contributed by atoms with Gasteiger partial charge in [-0.25, -0.2) is 9.65 Å². The predicted octanol–water partition coefficient (Wildman–Crippen LogP) is -0.188. The zero-order valence-electron chi connectivity index (χ0n) is 7.97. The molecular formula is C6H14NO6P. The van der Waals surface area contributed by atoms with Crippen LogP contribution in [-0.4, -0.2) is 43.1 Å². The maximum atomic E-state index is 11.4. The van der Waals surface area contributed by atoms with E-state index in [4.69, 9.17) is 10.2 Å². The van der Waals surface area contributed by atoms with Gasteiger partial charge in [0.1, 0.15) is 6.04 Å². The van der Waals surface area contributed by atoms with Crippen molar-refractivity contribution >= 4 is 13.7 Å². The SMILES string of the molecule is COP(=O)(NC(CCO)C(=O)O)OC. The molecule has 0 saturated carbocycles. The third kappa shape index (κ3) is 4.17. The first kappa shape index (κ1) is 13.5. The molecule has 0 fully saturated rings. The van der Waals surface area contributed by atoms with Gasteiger partial charge in [-0.1, -0.05) is 0 Å². The third-order valence-electron chi connectivity index (χ3n) is 1.51. The maximum Gasteiger partial charge on any atom is 0.405 e. The lowest BCUT2D eigenvalue weighted by atomic mass is 10.2. The molecule has 0 aliphatic rings. The number of carboxylic acid groups (broad SMARTS) is 1. The van der Waals surface area contributed by atoms with Gasteiger partial charge in [0.2, 0.25) is 0 Å². The molecule has 0 aliphatic heterocycles. The largest absolute Gasteiger partial charge is 0.480 e. The highest BCUT2D eigenvalue weighted by molar-refractivity contribution is 7.51. The van der Waals surface area contributed by atoms with Gasteiger partial charge in [-0.2, -0.15) is 0 Å². The zero-order chi connectivity index (χ0) is 11.2. The fourth-order valence-corrected chi connectivity index (χ4v) is 1.72. The zero-order valence-corrected chi connectivity index (χ0v) is 8.86. The van der Waals surface area contributed by atoms with E-state index in [2.05, 4.69) is 14.1 Å². The number of aliphatic hydroxyl groups is 1. The van der Waals surface area contributed by atoms with Crippen LogP contribution >= 0.6 is 7.75 Å². The summed E-state index contributed by atoms with van der Waals surface area (Å²) in [5, 5.41) is 19.4.